The number of nitrogens with zero attached hydrogens (tertiary/aromatic N) is 2. The number of benzene rings is 2. The summed E-state index contributed by atoms with van der Waals surface area (Å²) in [6.45, 7) is 2.44. The van der Waals surface area contributed by atoms with Crippen LogP contribution in [0.4, 0.5) is 5.13 Å². The molecule has 0 unspecified atom stereocenters. The fourth-order valence-corrected chi connectivity index (χ4v) is 5.71. The van der Waals surface area contributed by atoms with Crippen molar-refractivity contribution in [1.29, 1.82) is 0 Å². The number of aromatic nitrogens is 1. The van der Waals surface area contributed by atoms with Gasteiger partial charge in [0.05, 0.1) is 34.4 Å². The van der Waals surface area contributed by atoms with E-state index in [1.807, 2.05) is 25.1 Å². The fourth-order valence-electron chi connectivity index (χ4n) is 4.01. The molecule has 0 bridgehead atoms. The number of rotatable bonds is 7. The van der Waals surface area contributed by atoms with Crippen LogP contribution >= 0.6 is 22.7 Å². The number of fused-ring (bicyclic) bond motifs is 1. The lowest BCUT2D eigenvalue weighted by Gasteiger charge is -2.25. The van der Waals surface area contributed by atoms with E-state index in [9.17, 15) is 14.7 Å². The minimum absolute atomic E-state index is 0.00575. The molecule has 1 amide bonds. The Kier molecular flexibility index (Phi) is 5.80. The zero-order valence-electron chi connectivity index (χ0n) is 18.3. The van der Waals surface area contributed by atoms with Crippen LogP contribution in [0.15, 0.2) is 71.3 Å². The van der Waals surface area contributed by atoms with Gasteiger partial charge in [-0.15, -0.1) is 11.3 Å². The van der Waals surface area contributed by atoms with Crippen molar-refractivity contribution in [2.24, 2.45) is 0 Å². The number of ether oxygens (including phenoxy) is 2. The lowest BCUT2D eigenvalue weighted by atomic mass is 9.95. The lowest BCUT2D eigenvalue weighted by Crippen LogP contribution is -2.31. The second-order valence-electron chi connectivity index (χ2n) is 7.45. The van der Waals surface area contributed by atoms with Gasteiger partial charge in [0.1, 0.15) is 17.5 Å². The Morgan fingerprint density at radius 2 is 2.00 bits per heavy atom. The van der Waals surface area contributed by atoms with E-state index < -0.39 is 23.5 Å². The second-order valence-corrected chi connectivity index (χ2v) is 9.40. The molecule has 1 atom stereocenters. The zero-order chi connectivity index (χ0) is 23.8. The maximum Gasteiger partial charge on any atom is 0.296 e. The molecule has 3 heterocycles. The predicted molar refractivity (Wildman–Crippen MR) is 132 cm³/mol. The van der Waals surface area contributed by atoms with Gasteiger partial charge in [0, 0.05) is 5.56 Å². The first kappa shape index (κ1) is 22.1. The summed E-state index contributed by atoms with van der Waals surface area (Å²) < 4.78 is 12.0. The van der Waals surface area contributed by atoms with E-state index in [2.05, 4.69) is 4.98 Å². The molecule has 1 N–H and O–H groups in total. The SMILES string of the molecule is CCOc1ccc2nc(N3C(=O)C(O)=C(C(=O)c4cccs4)[C@@H]3c3ccccc3OC)sc2c1. The highest BCUT2D eigenvalue weighted by Gasteiger charge is 2.47. The van der Waals surface area contributed by atoms with Crippen molar-refractivity contribution in [2.75, 3.05) is 18.6 Å². The van der Waals surface area contributed by atoms with Crippen LogP contribution in [-0.4, -0.2) is 35.5 Å². The van der Waals surface area contributed by atoms with Gasteiger partial charge < -0.3 is 14.6 Å². The van der Waals surface area contributed by atoms with E-state index in [0.717, 1.165) is 4.70 Å². The van der Waals surface area contributed by atoms with Gasteiger partial charge in [-0.05, 0) is 42.6 Å². The molecule has 0 fully saturated rings. The van der Waals surface area contributed by atoms with Crippen LogP contribution in [0.1, 0.15) is 28.2 Å². The maximum atomic E-state index is 13.5. The fraction of sp³-hybridized carbons (Fsp3) is 0.160. The van der Waals surface area contributed by atoms with Crippen LogP contribution in [0.5, 0.6) is 11.5 Å². The number of hydrogen-bond acceptors (Lipinski definition) is 8. The molecule has 1 aliphatic rings. The molecule has 2 aromatic heterocycles. The third-order valence-electron chi connectivity index (χ3n) is 5.50. The highest BCUT2D eigenvalue weighted by molar-refractivity contribution is 7.22. The van der Waals surface area contributed by atoms with Crippen LogP contribution in [0.3, 0.4) is 0 Å². The Labute approximate surface area is 203 Å². The van der Waals surface area contributed by atoms with Crippen LogP contribution < -0.4 is 14.4 Å². The smallest absolute Gasteiger partial charge is 0.296 e. The summed E-state index contributed by atoms with van der Waals surface area (Å²) in [7, 11) is 1.53. The number of carbonyl (C=O) groups excluding carboxylic acids is 2. The van der Waals surface area contributed by atoms with Gasteiger partial charge in [0.15, 0.2) is 10.9 Å². The van der Waals surface area contributed by atoms with Crippen molar-refractivity contribution in [3.63, 3.8) is 0 Å². The molecule has 2 aromatic carbocycles. The van der Waals surface area contributed by atoms with Crippen molar-refractivity contribution in [1.82, 2.24) is 4.98 Å². The number of aliphatic hydroxyl groups excluding tert-OH is 1. The number of thiophene rings is 1. The standard InChI is InChI=1S/C25H20N2O5S2/c1-3-32-14-10-11-16-19(13-14)34-25(26-16)27-21(15-7-4-5-8-17(15)31-2)20(23(29)24(27)30)22(28)18-9-6-12-33-18/h4-13,21,29H,3H2,1-2H3/t21-/m0/s1. The number of thiazole rings is 1. The van der Waals surface area contributed by atoms with Gasteiger partial charge in [-0.2, -0.15) is 0 Å². The molecule has 34 heavy (non-hydrogen) atoms. The number of anilines is 1. The second kappa shape index (κ2) is 8.92. The summed E-state index contributed by atoms with van der Waals surface area (Å²) in [5.41, 5.74) is 1.27. The van der Waals surface area contributed by atoms with Crippen LogP contribution in [0.2, 0.25) is 0 Å². The number of aliphatic hydroxyl groups is 1. The average Bonchev–Trinajstić information content (AvgIpc) is 3.58. The molecule has 5 rings (SSSR count). The minimum Gasteiger partial charge on any atom is -0.503 e. The van der Waals surface area contributed by atoms with E-state index in [4.69, 9.17) is 9.47 Å². The quantitative estimate of drug-likeness (QED) is 0.340. The number of para-hydroxylation sites is 1. The maximum absolute atomic E-state index is 13.5. The number of carbonyl (C=O) groups is 2. The van der Waals surface area contributed by atoms with E-state index in [1.54, 1.807) is 41.8 Å². The third kappa shape index (κ3) is 3.63. The molecule has 7 nitrogen and oxygen atoms in total. The van der Waals surface area contributed by atoms with Crippen LogP contribution in [0, 0.1) is 0 Å². The normalized spacial score (nSPS) is 15.9. The number of amides is 1. The van der Waals surface area contributed by atoms with E-state index >= 15 is 0 Å². The molecule has 0 saturated carbocycles. The van der Waals surface area contributed by atoms with Gasteiger partial charge in [-0.1, -0.05) is 35.6 Å². The number of hydrogen-bond donors (Lipinski definition) is 1. The topological polar surface area (TPSA) is 89.0 Å². The van der Waals surface area contributed by atoms with Crippen molar-refractivity contribution in [2.45, 2.75) is 13.0 Å². The minimum atomic E-state index is -0.898. The van der Waals surface area contributed by atoms with Gasteiger partial charge in [0.2, 0.25) is 5.78 Å². The average molecular weight is 493 g/mol. The molecule has 9 heteroatoms. The van der Waals surface area contributed by atoms with Crippen molar-refractivity contribution < 1.29 is 24.2 Å². The summed E-state index contributed by atoms with van der Waals surface area (Å²) >= 11 is 2.54. The number of methoxy groups -OCH3 is 1. The summed E-state index contributed by atoms with van der Waals surface area (Å²) in [6, 6.07) is 15.2. The molecule has 0 aliphatic carbocycles. The Morgan fingerprint density at radius 3 is 2.74 bits per heavy atom. The Morgan fingerprint density at radius 1 is 1.18 bits per heavy atom. The molecular weight excluding hydrogens is 472 g/mol. The summed E-state index contributed by atoms with van der Waals surface area (Å²) in [5, 5.41) is 13.1. The van der Waals surface area contributed by atoms with Gasteiger partial charge in [0.25, 0.3) is 5.91 Å². The largest absolute Gasteiger partial charge is 0.503 e. The highest BCUT2D eigenvalue weighted by Crippen LogP contribution is 2.46. The molecule has 4 aromatic rings. The van der Waals surface area contributed by atoms with E-state index in [1.165, 1.54) is 34.7 Å². The van der Waals surface area contributed by atoms with Gasteiger partial charge in [-0.3, -0.25) is 14.5 Å². The molecule has 0 radical (unpaired) electrons. The first-order valence-electron chi connectivity index (χ1n) is 10.5. The van der Waals surface area contributed by atoms with E-state index in [0.29, 0.717) is 39.2 Å². The van der Waals surface area contributed by atoms with Crippen LogP contribution in [-0.2, 0) is 4.79 Å². The van der Waals surface area contributed by atoms with Crippen molar-refractivity contribution >= 4 is 49.7 Å². The summed E-state index contributed by atoms with van der Waals surface area (Å²) in [5.74, 6) is -0.465. The number of Topliss-reactive ketones (excluding diaryl/α,β-unsaturated/α-hetero) is 1. The predicted octanol–water partition coefficient (Wildman–Crippen LogP) is 5.55. The Balaban J connectivity index is 1.68. The first-order valence-corrected chi connectivity index (χ1v) is 12.2. The number of ketones is 1. The third-order valence-corrected chi connectivity index (χ3v) is 7.38. The molecule has 0 spiro atoms. The Hall–Kier alpha value is -3.69. The monoisotopic (exact) mass is 492 g/mol. The molecule has 1 aliphatic heterocycles. The summed E-state index contributed by atoms with van der Waals surface area (Å²) in [4.78, 5) is 33.3. The molecular formula is C25H20N2O5S2. The highest BCUT2D eigenvalue weighted by atomic mass is 32.1. The van der Waals surface area contributed by atoms with Gasteiger partial charge >= 0.3 is 0 Å². The van der Waals surface area contributed by atoms with Crippen molar-refractivity contribution in [3.05, 3.63) is 81.8 Å². The van der Waals surface area contributed by atoms with Crippen LogP contribution in [0.25, 0.3) is 10.2 Å². The Bertz CT molecular complexity index is 1420. The first-order chi connectivity index (χ1) is 16.5. The summed E-state index contributed by atoms with van der Waals surface area (Å²) in [6.07, 6.45) is 0. The lowest BCUT2D eigenvalue weighted by molar-refractivity contribution is -0.117. The zero-order valence-corrected chi connectivity index (χ0v) is 20.0. The van der Waals surface area contributed by atoms with E-state index in [-0.39, 0.29) is 5.57 Å². The molecule has 0 saturated heterocycles. The molecule has 172 valence electrons. The van der Waals surface area contributed by atoms with Gasteiger partial charge in [-0.25, -0.2) is 4.98 Å². The van der Waals surface area contributed by atoms with Crippen molar-refractivity contribution in [3.8, 4) is 11.5 Å².